The Morgan fingerprint density at radius 2 is 1.95 bits per heavy atom. The second-order valence-electron chi connectivity index (χ2n) is 6.35. The van der Waals surface area contributed by atoms with Crippen molar-refractivity contribution in [3.63, 3.8) is 0 Å². The number of benzene rings is 1. The van der Waals surface area contributed by atoms with Crippen LogP contribution in [-0.2, 0) is 15.8 Å². The van der Waals surface area contributed by atoms with Gasteiger partial charge in [-0.2, -0.15) is 4.98 Å². The first-order valence-corrected chi connectivity index (χ1v) is 7.26. The minimum atomic E-state index is -0.418. The second kappa shape index (κ2) is 4.84. The molecule has 2 N–H and O–H groups in total. The molecular formula is C16H21N3O2. The van der Waals surface area contributed by atoms with Crippen LogP contribution in [0.15, 0.2) is 28.8 Å². The fourth-order valence-corrected chi connectivity index (χ4v) is 2.67. The van der Waals surface area contributed by atoms with Crippen molar-refractivity contribution < 1.29 is 9.26 Å². The first-order valence-electron chi connectivity index (χ1n) is 7.26. The van der Waals surface area contributed by atoms with Gasteiger partial charge in [0.15, 0.2) is 0 Å². The number of nitrogens with two attached hydrogens (primary N) is 1. The van der Waals surface area contributed by atoms with Crippen LogP contribution in [0.4, 0.5) is 5.69 Å². The molecule has 5 heteroatoms. The number of aromatic nitrogens is 2. The van der Waals surface area contributed by atoms with Crippen LogP contribution in [0.25, 0.3) is 0 Å². The molecule has 1 aliphatic heterocycles. The van der Waals surface area contributed by atoms with Crippen LogP contribution in [0.3, 0.4) is 0 Å². The van der Waals surface area contributed by atoms with E-state index in [9.17, 15) is 0 Å². The zero-order chi connectivity index (χ0) is 15.1. The normalized spacial score (nSPS) is 22.6. The molecule has 1 saturated heterocycles. The molecule has 0 saturated carbocycles. The highest BCUT2D eigenvalue weighted by Crippen LogP contribution is 2.36. The van der Waals surface area contributed by atoms with E-state index in [0.717, 1.165) is 30.7 Å². The molecule has 0 aliphatic carbocycles. The Hall–Kier alpha value is -1.88. The Kier molecular flexibility index (Phi) is 3.24. The molecule has 1 fully saturated rings. The van der Waals surface area contributed by atoms with Crippen LogP contribution in [0.1, 0.15) is 50.9 Å². The summed E-state index contributed by atoms with van der Waals surface area (Å²) in [5.41, 5.74) is 6.79. The molecule has 0 radical (unpaired) electrons. The van der Waals surface area contributed by atoms with Crippen molar-refractivity contribution in [1.82, 2.24) is 10.1 Å². The number of nitrogens with zero attached hydrogens (tertiary/aromatic N) is 2. The quantitative estimate of drug-likeness (QED) is 0.878. The van der Waals surface area contributed by atoms with E-state index < -0.39 is 5.60 Å². The maximum absolute atomic E-state index is 5.77. The predicted octanol–water partition coefficient (Wildman–Crippen LogP) is 3.00. The average Bonchev–Trinajstić information content (AvgIpc) is 3.09. The summed E-state index contributed by atoms with van der Waals surface area (Å²) >= 11 is 0. The molecule has 2 heterocycles. The molecule has 112 valence electrons. The fourth-order valence-electron chi connectivity index (χ4n) is 2.67. The van der Waals surface area contributed by atoms with Gasteiger partial charge in [0.2, 0.25) is 11.7 Å². The first kappa shape index (κ1) is 14.1. The van der Waals surface area contributed by atoms with Gasteiger partial charge < -0.3 is 15.0 Å². The van der Waals surface area contributed by atoms with E-state index in [1.165, 1.54) is 0 Å². The Labute approximate surface area is 124 Å². The van der Waals surface area contributed by atoms with E-state index in [4.69, 9.17) is 15.0 Å². The zero-order valence-corrected chi connectivity index (χ0v) is 12.7. The summed E-state index contributed by atoms with van der Waals surface area (Å²) in [6.45, 7) is 6.90. The Morgan fingerprint density at radius 3 is 2.57 bits per heavy atom. The molecule has 2 aromatic rings. The molecule has 0 amide bonds. The molecule has 3 rings (SSSR count). The number of nitrogen functional groups attached to an aromatic ring is 1. The fraction of sp³-hybridized carbons (Fsp3) is 0.500. The van der Waals surface area contributed by atoms with Crippen LogP contribution < -0.4 is 5.73 Å². The van der Waals surface area contributed by atoms with Gasteiger partial charge in [0.25, 0.3) is 0 Å². The largest absolute Gasteiger partial charge is 0.399 e. The van der Waals surface area contributed by atoms with Gasteiger partial charge >= 0.3 is 0 Å². The average molecular weight is 287 g/mol. The summed E-state index contributed by atoms with van der Waals surface area (Å²) in [7, 11) is 0. The maximum atomic E-state index is 5.77. The second-order valence-corrected chi connectivity index (χ2v) is 6.35. The standard InChI is InChI=1S/C16H21N3O2/c1-15(2,11-5-7-12(17)8-6-11)14-18-13(19-21-14)16(3)9-4-10-20-16/h5-8H,4,9-10,17H2,1-3H3. The zero-order valence-electron chi connectivity index (χ0n) is 12.7. The molecule has 1 aromatic heterocycles. The van der Waals surface area contributed by atoms with Crippen molar-refractivity contribution in [2.45, 2.75) is 44.6 Å². The number of ether oxygens (including phenoxy) is 1. The van der Waals surface area contributed by atoms with E-state index in [1.807, 2.05) is 31.2 Å². The number of anilines is 1. The highest BCUT2D eigenvalue weighted by Gasteiger charge is 2.39. The SMILES string of the molecule is CC1(c2noc(C(C)(C)c3ccc(N)cc3)n2)CCCO1. The van der Waals surface area contributed by atoms with Crippen molar-refractivity contribution in [2.24, 2.45) is 0 Å². The monoisotopic (exact) mass is 287 g/mol. The number of hydrogen-bond donors (Lipinski definition) is 1. The summed E-state index contributed by atoms with van der Waals surface area (Å²) in [5, 5.41) is 4.14. The van der Waals surface area contributed by atoms with Gasteiger partial charge in [0.1, 0.15) is 5.60 Å². The third-order valence-corrected chi connectivity index (χ3v) is 4.28. The van der Waals surface area contributed by atoms with Crippen LogP contribution in [0.2, 0.25) is 0 Å². The molecule has 0 spiro atoms. The lowest BCUT2D eigenvalue weighted by Gasteiger charge is -2.21. The summed E-state index contributed by atoms with van der Waals surface area (Å²) in [6.07, 6.45) is 1.95. The van der Waals surface area contributed by atoms with Crippen molar-refractivity contribution in [2.75, 3.05) is 12.3 Å². The molecule has 1 aliphatic rings. The lowest BCUT2D eigenvalue weighted by molar-refractivity contribution is 0.00768. The Bertz CT molecular complexity index is 625. The molecule has 1 aromatic carbocycles. The van der Waals surface area contributed by atoms with E-state index in [2.05, 4.69) is 24.0 Å². The van der Waals surface area contributed by atoms with Gasteiger partial charge in [-0.15, -0.1) is 0 Å². The number of rotatable bonds is 3. The predicted molar refractivity (Wildman–Crippen MR) is 79.8 cm³/mol. The molecule has 1 atom stereocenters. The van der Waals surface area contributed by atoms with Crippen molar-refractivity contribution in [3.8, 4) is 0 Å². The van der Waals surface area contributed by atoms with Gasteiger partial charge in [0, 0.05) is 12.3 Å². The van der Waals surface area contributed by atoms with Crippen LogP contribution >= 0.6 is 0 Å². The van der Waals surface area contributed by atoms with Gasteiger partial charge in [-0.05, 0) is 51.3 Å². The summed E-state index contributed by atoms with van der Waals surface area (Å²) in [4.78, 5) is 4.60. The highest BCUT2D eigenvalue weighted by atomic mass is 16.5. The van der Waals surface area contributed by atoms with Gasteiger partial charge in [-0.1, -0.05) is 17.3 Å². The third kappa shape index (κ3) is 2.42. The minimum absolute atomic E-state index is 0.367. The van der Waals surface area contributed by atoms with E-state index in [1.54, 1.807) is 0 Å². The van der Waals surface area contributed by atoms with Crippen LogP contribution in [0, 0.1) is 0 Å². The summed E-state index contributed by atoms with van der Waals surface area (Å²) in [6, 6.07) is 7.76. The third-order valence-electron chi connectivity index (χ3n) is 4.28. The Balaban J connectivity index is 1.93. The van der Waals surface area contributed by atoms with Crippen molar-refractivity contribution in [3.05, 3.63) is 41.5 Å². The van der Waals surface area contributed by atoms with Crippen molar-refractivity contribution >= 4 is 5.69 Å². The van der Waals surface area contributed by atoms with E-state index in [0.29, 0.717) is 11.7 Å². The van der Waals surface area contributed by atoms with Crippen LogP contribution in [0.5, 0.6) is 0 Å². The minimum Gasteiger partial charge on any atom is -0.399 e. The van der Waals surface area contributed by atoms with Gasteiger partial charge in [0.05, 0.1) is 5.41 Å². The first-order chi connectivity index (χ1) is 9.92. The molecule has 0 bridgehead atoms. The van der Waals surface area contributed by atoms with E-state index >= 15 is 0 Å². The Morgan fingerprint density at radius 1 is 1.24 bits per heavy atom. The molecule has 1 unspecified atom stereocenters. The molecular weight excluding hydrogens is 266 g/mol. The van der Waals surface area contributed by atoms with Gasteiger partial charge in [-0.3, -0.25) is 0 Å². The highest BCUT2D eigenvalue weighted by molar-refractivity contribution is 5.42. The lowest BCUT2D eigenvalue weighted by atomic mass is 9.84. The smallest absolute Gasteiger partial charge is 0.236 e. The topological polar surface area (TPSA) is 74.2 Å². The van der Waals surface area contributed by atoms with Crippen LogP contribution in [-0.4, -0.2) is 16.7 Å². The summed E-state index contributed by atoms with van der Waals surface area (Å²) in [5.74, 6) is 1.23. The lowest BCUT2D eigenvalue weighted by Crippen LogP contribution is -2.23. The summed E-state index contributed by atoms with van der Waals surface area (Å²) < 4.78 is 11.3. The number of hydrogen-bond acceptors (Lipinski definition) is 5. The maximum Gasteiger partial charge on any atom is 0.236 e. The van der Waals surface area contributed by atoms with Crippen molar-refractivity contribution in [1.29, 1.82) is 0 Å². The van der Waals surface area contributed by atoms with E-state index in [-0.39, 0.29) is 5.41 Å². The van der Waals surface area contributed by atoms with Gasteiger partial charge in [-0.25, -0.2) is 0 Å². The molecule has 21 heavy (non-hydrogen) atoms. The molecule has 5 nitrogen and oxygen atoms in total.